The summed E-state index contributed by atoms with van der Waals surface area (Å²) in [6.45, 7) is 9.51. The van der Waals surface area contributed by atoms with Crippen molar-refractivity contribution in [3.8, 4) is 5.75 Å². The minimum absolute atomic E-state index is 0.0704. The molecule has 5 nitrogen and oxygen atoms in total. The second-order valence-electron chi connectivity index (χ2n) is 9.06. The zero-order chi connectivity index (χ0) is 23.5. The topological polar surface area (TPSA) is 61.8 Å². The maximum Gasteiger partial charge on any atom is 0.335 e. The van der Waals surface area contributed by atoms with Gasteiger partial charge in [0, 0.05) is 6.42 Å². The Hall–Kier alpha value is -2.27. The molecule has 4 rings (SSSR count). The van der Waals surface area contributed by atoms with Gasteiger partial charge in [-0.2, -0.15) is 8.78 Å². The molecule has 3 aliphatic rings. The molecule has 1 saturated heterocycles. The molecule has 3 atom stereocenters. The van der Waals surface area contributed by atoms with E-state index in [0.29, 0.717) is 0 Å². The third kappa shape index (κ3) is 3.57. The SMILES string of the molecule is CC(C)(C)[Si](C)(C)O[C@@H]1C[C@@H]2C=C[C@@]1(C(=O)Oc1c(F)c(F)c(F)c(F)c1F)C(=O)O2. The Kier molecular flexibility index (Phi) is 5.59. The van der Waals surface area contributed by atoms with Gasteiger partial charge in [-0.25, -0.2) is 18.0 Å². The van der Waals surface area contributed by atoms with Crippen molar-refractivity contribution in [1.82, 2.24) is 0 Å². The van der Waals surface area contributed by atoms with Crippen LogP contribution in [0.5, 0.6) is 5.75 Å². The average molecular weight is 464 g/mol. The van der Waals surface area contributed by atoms with Crippen molar-refractivity contribution in [3.05, 3.63) is 41.2 Å². The number of ether oxygens (including phenoxy) is 2. The van der Waals surface area contributed by atoms with Crippen LogP contribution in [0.3, 0.4) is 0 Å². The molecule has 1 aromatic carbocycles. The number of rotatable bonds is 4. The molecule has 1 aromatic rings. The maximum atomic E-state index is 14.0. The molecule has 2 bridgehead atoms. The molecule has 170 valence electrons. The molecule has 0 spiro atoms. The van der Waals surface area contributed by atoms with Crippen LogP contribution in [-0.4, -0.2) is 32.5 Å². The fourth-order valence-electron chi connectivity index (χ4n) is 3.17. The largest absolute Gasteiger partial charge is 0.457 e. The molecule has 0 saturated carbocycles. The maximum absolute atomic E-state index is 14.0. The van der Waals surface area contributed by atoms with Gasteiger partial charge in [0.2, 0.25) is 40.3 Å². The summed E-state index contributed by atoms with van der Waals surface area (Å²) in [6.07, 6.45) is 0.844. The lowest BCUT2D eigenvalue weighted by Crippen LogP contribution is -2.62. The summed E-state index contributed by atoms with van der Waals surface area (Å²) >= 11 is 0. The van der Waals surface area contributed by atoms with Crippen LogP contribution in [-0.2, 0) is 18.8 Å². The summed E-state index contributed by atoms with van der Waals surface area (Å²) in [5, 5.41) is -0.316. The monoisotopic (exact) mass is 464 g/mol. The van der Waals surface area contributed by atoms with Crippen molar-refractivity contribution in [3.63, 3.8) is 0 Å². The highest BCUT2D eigenvalue weighted by atomic mass is 28.4. The van der Waals surface area contributed by atoms with E-state index in [-0.39, 0.29) is 11.5 Å². The third-order valence-electron chi connectivity index (χ3n) is 6.07. The Morgan fingerprint density at radius 2 is 1.58 bits per heavy atom. The van der Waals surface area contributed by atoms with Gasteiger partial charge >= 0.3 is 11.9 Å². The van der Waals surface area contributed by atoms with E-state index < -0.39 is 72.7 Å². The molecular formula is C20H21F5O5Si. The molecule has 0 N–H and O–H groups in total. The Morgan fingerprint density at radius 3 is 2.06 bits per heavy atom. The van der Waals surface area contributed by atoms with Gasteiger partial charge < -0.3 is 13.9 Å². The average Bonchev–Trinajstić information content (AvgIpc) is 2.67. The Balaban J connectivity index is 2.04. The number of benzene rings is 1. The lowest BCUT2D eigenvalue weighted by molar-refractivity contribution is -0.186. The molecule has 0 radical (unpaired) electrons. The summed E-state index contributed by atoms with van der Waals surface area (Å²) < 4.78 is 84.3. The zero-order valence-corrected chi connectivity index (χ0v) is 18.4. The molecule has 0 unspecified atom stereocenters. The van der Waals surface area contributed by atoms with Crippen molar-refractivity contribution in [2.45, 2.75) is 57.5 Å². The van der Waals surface area contributed by atoms with Crippen molar-refractivity contribution in [2.75, 3.05) is 0 Å². The molecular weight excluding hydrogens is 443 g/mol. The molecule has 0 amide bonds. The molecule has 2 heterocycles. The molecule has 2 aliphatic heterocycles. The van der Waals surface area contributed by atoms with E-state index in [1.165, 1.54) is 6.08 Å². The van der Waals surface area contributed by atoms with E-state index in [9.17, 15) is 31.5 Å². The first kappa shape index (κ1) is 23.4. The van der Waals surface area contributed by atoms with E-state index in [2.05, 4.69) is 4.74 Å². The highest BCUT2D eigenvalue weighted by molar-refractivity contribution is 6.74. The highest BCUT2D eigenvalue weighted by Crippen LogP contribution is 2.47. The lowest BCUT2D eigenvalue weighted by Gasteiger charge is -2.48. The van der Waals surface area contributed by atoms with Crippen LogP contribution in [0.2, 0.25) is 18.1 Å². The van der Waals surface area contributed by atoms with E-state index >= 15 is 0 Å². The number of esters is 2. The number of carbonyl (C=O) groups excluding carboxylic acids is 2. The standard InChI is InChI=1S/C20H21F5O5Si/c1-19(2,3)31(4,5)30-10-8-9-6-7-20(10,17(26)28-9)18(27)29-16-14(24)12(22)11(21)13(23)15(16)25/h6-7,9-10H,8H2,1-5H3/t9-,10+,20-/m0/s1. The van der Waals surface area contributed by atoms with Crippen LogP contribution in [0.25, 0.3) is 0 Å². The summed E-state index contributed by atoms with van der Waals surface area (Å²) in [5.41, 5.74) is -2.25. The minimum atomic E-state index is -2.56. The number of fused-ring (bicyclic) bond motifs is 2. The number of hydrogen-bond donors (Lipinski definition) is 0. The van der Waals surface area contributed by atoms with Gasteiger partial charge in [0.15, 0.2) is 8.32 Å². The Labute approximate surface area is 176 Å². The van der Waals surface area contributed by atoms with Crippen LogP contribution in [0.1, 0.15) is 27.2 Å². The van der Waals surface area contributed by atoms with Gasteiger partial charge in [-0.05, 0) is 24.2 Å². The van der Waals surface area contributed by atoms with Gasteiger partial charge in [-0.3, -0.25) is 4.79 Å². The predicted octanol–water partition coefficient (Wildman–Crippen LogP) is 4.55. The Bertz CT molecular complexity index is 958. The number of halogens is 5. The fraction of sp³-hybridized carbons (Fsp3) is 0.500. The van der Waals surface area contributed by atoms with Crippen molar-refractivity contribution in [1.29, 1.82) is 0 Å². The highest BCUT2D eigenvalue weighted by Gasteiger charge is 2.62. The number of carbonyl (C=O) groups is 2. The first-order valence-electron chi connectivity index (χ1n) is 9.45. The second-order valence-corrected chi connectivity index (χ2v) is 13.8. The summed E-state index contributed by atoms with van der Waals surface area (Å²) in [5.74, 6) is -16.0. The third-order valence-corrected chi connectivity index (χ3v) is 10.6. The predicted molar refractivity (Wildman–Crippen MR) is 100 cm³/mol. The summed E-state index contributed by atoms with van der Waals surface area (Å²) in [4.78, 5) is 25.7. The van der Waals surface area contributed by atoms with Crippen LogP contribution in [0.15, 0.2) is 12.2 Å². The van der Waals surface area contributed by atoms with Gasteiger partial charge in [-0.15, -0.1) is 0 Å². The molecule has 1 fully saturated rings. The van der Waals surface area contributed by atoms with Gasteiger partial charge in [0.25, 0.3) is 0 Å². The lowest BCUT2D eigenvalue weighted by atomic mass is 9.73. The molecule has 1 aliphatic carbocycles. The molecule has 11 heteroatoms. The van der Waals surface area contributed by atoms with Crippen molar-refractivity contribution < 1.29 is 45.4 Å². The van der Waals surface area contributed by atoms with Crippen LogP contribution >= 0.6 is 0 Å². The van der Waals surface area contributed by atoms with Gasteiger partial charge in [-0.1, -0.05) is 26.8 Å². The molecule has 0 aromatic heterocycles. The summed E-state index contributed by atoms with van der Waals surface area (Å²) in [7, 11) is -2.56. The van der Waals surface area contributed by atoms with E-state index in [1.54, 1.807) is 0 Å². The van der Waals surface area contributed by atoms with E-state index in [1.807, 2.05) is 33.9 Å². The van der Waals surface area contributed by atoms with Crippen LogP contribution in [0.4, 0.5) is 22.0 Å². The normalized spacial score (nSPS) is 25.5. The Morgan fingerprint density at radius 1 is 1.06 bits per heavy atom. The van der Waals surface area contributed by atoms with Crippen molar-refractivity contribution in [2.24, 2.45) is 5.41 Å². The first-order valence-corrected chi connectivity index (χ1v) is 12.4. The second kappa shape index (κ2) is 7.40. The summed E-state index contributed by atoms with van der Waals surface area (Å²) in [6, 6.07) is 0. The van der Waals surface area contributed by atoms with Gasteiger partial charge in [0.05, 0.1) is 6.10 Å². The minimum Gasteiger partial charge on any atom is -0.457 e. The van der Waals surface area contributed by atoms with Crippen LogP contribution < -0.4 is 4.74 Å². The van der Waals surface area contributed by atoms with Crippen molar-refractivity contribution >= 4 is 20.3 Å². The molecule has 31 heavy (non-hydrogen) atoms. The number of hydrogen-bond acceptors (Lipinski definition) is 5. The first-order chi connectivity index (χ1) is 14.1. The fourth-order valence-corrected chi connectivity index (χ4v) is 4.52. The van der Waals surface area contributed by atoms with Crippen LogP contribution in [0, 0.1) is 34.5 Å². The van der Waals surface area contributed by atoms with Gasteiger partial charge in [0.1, 0.15) is 6.10 Å². The zero-order valence-electron chi connectivity index (χ0n) is 17.4. The smallest absolute Gasteiger partial charge is 0.335 e. The quantitative estimate of drug-likeness (QED) is 0.0957. The van der Waals surface area contributed by atoms with E-state index in [4.69, 9.17) is 9.16 Å². The van der Waals surface area contributed by atoms with E-state index in [0.717, 1.165) is 6.08 Å².